The number of allylic oxidation sites excluding steroid dienone is 1. The summed E-state index contributed by atoms with van der Waals surface area (Å²) in [4.78, 5) is 17.3. The summed E-state index contributed by atoms with van der Waals surface area (Å²) >= 11 is 0. The van der Waals surface area contributed by atoms with E-state index in [9.17, 15) is 4.79 Å². The Morgan fingerprint density at radius 2 is 2.05 bits per heavy atom. The Bertz CT molecular complexity index is 427. The zero-order valence-corrected chi connectivity index (χ0v) is 15.2. The second-order valence-electron chi connectivity index (χ2n) is 8.01. The van der Waals surface area contributed by atoms with Gasteiger partial charge in [-0.15, -0.1) is 0 Å². The van der Waals surface area contributed by atoms with Crippen LogP contribution in [0.15, 0.2) is 12.3 Å². The van der Waals surface area contributed by atoms with Crippen LogP contribution in [-0.4, -0.2) is 41.4 Å². The van der Waals surface area contributed by atoms with Gasteiger partial charge in [0.1, 0.15) is 0 Å². The molecule has 3 atom stereocenters. The van der Waals surface area contributed by atoms with Crippen molar-refractivity contribution in [3.8, 4) is 0 Å². The molecule has 2 aliphatic rings. The molecule has 0 spiro atoms. The summed E-state index contributed by atoms with van der Waals surface area (Å²) < 4.78 is 0. The van der Waals surface area contributed by atoms with Gasteiger partial charge in [-0.2, -0.15) is 0 Å². The zero-order chi connectivity index (χ0) is 16.5. The summed E-state index contributed by atoms with van der Waals surface area (Å²) in [7, 11) is 0. The molecule has 126 valence electrons. The molecule has 2 fully saturated rings. The van der Waals surface area contributed by atoms with E-state index in [-0.39, 0.29) is 5.41 Å². The van der Waals surface area contributed by atoms with Gasteiger partial charge in [0.15, 0.2) is 0 Å². The van der Waals surface area contributed by atoms with Crippen LogP contribution in [-0.2, 0) is 4.79 Å². The summed E-state index contributed by atoms with van der Waals surface area (Å²) in [5, 5.41) is 0. The van der Waals surface area contributed by atoms with E-state index >= 15 is 0 Å². The third-order valence-corrected chi connectivity index (χ3v) is 6.07. The molecule has 0 aromatic carbocycles. The van der Waals surface area contributed by atoms with Crippen molar-refractivity contribution in [1.29, 1.82) is 0 Å². The van der Waals surface area contributed by atoms with Crippen molar-refractivity contribution in [3.63, 3.8) is 0 Å². The summed E-state index contributed by atoms with van der Waals surface area (Å²) in [6.07, 6.45) is 4.50. The average molecular weight is 306 g/mol. The molecule has 1 saturated carbocycles. The third-order valence-electron chi connectivity index (χ3n) is 6.07. The Hall–Kier alpha value is -0.990. The Morgan fingerprint density at radius 3 is 2.50 bits per heavy atom. The van der Waals surface area contributed by atoms with Gasteiger partial charge in [0, 0.05) is 36.8 Å². The molecule has 3 nitrogen and oxygen atoms in total. The lowest BCUT2D eigenvalue weighted by Gasteiger charge is -2.39. The van der Waals surface area contributed by atoms with E-state index < -0.39 is 0 Å². The minimum absolute atomic E-state index is 0.0562. The van der Waals surface area contributed by atoms with E-state index in [0.29, 0.717) is 23.8 Å². The van der Waals surface area contributed by atoms with Gasteiger partial charge in [0.2, 0.25) is 5.91 Å². The molecule has 22 heavy (non-hydrogen) atoms. The van der Waals surface area contributed by atoms with Crippen molar-refractivity contribution in [2.75, 3.05) is 19.6 Å². The lowest BCUT2D eigenvalue weighted by Crippen LogP contribution is -2.45. The Morgan fingerprint density at radius 1 is 1.41 bits per heavy atom. The van der Waals surface area contributed by atoms with Crippen molar-refractivity contribution in [3.05, 3.63) is 12.3 Å². The number of likely N-dealkylation sites (tertiary alicyclic amines) is 1. The highest BCUT2D eigenvalue weighted by molar-refractivity contribution is 5.83. The molecule has 1 amide bonds. The fourth-order valence-electron chi connectivity index (χ4n) is 3.93. The predicted octanol–water partition coefficient (Wildman–Crippen LogP) is 3.91. The second-order valence-corrected chi connectivity index (χ2v) is 8.01. The van der Waals surface area contributed by atoms with Crippen LogP contribution in [0.1, 0.15) is 60.3 Å². The van der Waals surface area contributed by atoms with Crippen molar-refractivity contribution in [2.24, 2.45) is 17.3 Å². The van der Waals surface area contributed by atoms with Crippen LogP contribution in [0.25, 0.3) is 0 Å². The molecule has 0 aromatic rings. The topological polar surface area (TPSA) is 23.6 Å². The first kappa shape index (κ1) is 17.4. The van der Waals surface area contributed by atoms with Crippen molar-refractivity contribution in [2.45, 2.75) is 66.3 Å². The van der Waals surface area contributed by atoms with Gasteiger partial charge in [-0.05, 0) is 44.9 Å². The van der Waals surface area contributed by atoms with Gasteiger partial charge < -0.3 is 9.80 Å². The van der Waals surface area contributed by atoms with E-state index in [1.54, 1.807) is 0 Å². The highest BCUT2D eigenvalue weighted by Crippen LogP contribution is 2.43. The SMILES string of the molecule is C=C(C)N(C[C@H]1CN(C(=O)C2(C)CCC2)CC1C)C(C)CC. The van der Waals surface area contributed by atoms with E-state index in [4.69, 9.17) is 0 Å². The van der Waals surface area contributed by atoms with Gasteiger partial charge in [-0.25, -0.2) is 0 Å². The van der Waals surface area contributed by atoms with Crippen LogP contribution in [0, 0.1) is 17.3 Å². The summed E-state index contributed by atoms with van der Waals surface area (Å²) in [5.74, 6) is 1.55. The van der Waals surface area contributed by atoms with E-state index in [1.165, 1.54) is 6.42 Å². The Kier molecular flexibility index (Phi) is 5.24. The van der Waals surface area contributed by atoms with Crippen LogP contribution in [0.5, 0.6) is 0 Å². The Labute approximate surface area is 136 Å². The lowest BCUT2D eigenvalue weighted by atomic mass is 9.69. The number of hydrogen-bond acceptors (Lipinski definition) is 2. The molecule has 1 aliphatic carbocycles. The summed E-state index contributed by atoms with van der Waals surface area (Å²) in [6, 6.07) is 0.526. The number of rotatable bonds is 6. The minimum atomic E-state index is -0.0562. The minimum Gasteiger partial charge on any atom is -0.372 e. The molecule has 1 aliphatic heterocycles. The van der Waals surface area contributed by atoms with E-state index in [1.807, 2.05) is 0 Å². The quantitative estimate of drug-likeness (QED) is 0.743. The number of amides is 1. The molecule has 2 unspecified atom stereocenters. The summed E-state index contributed by atoms with van der Waals surface area (Å²) in [5.41, 5.74) is 1.09. The normalized spacial score (nSPS) is 28.1. The van der Waals surface area contributed by atoms with Gasteiger partial charge in [0.25, 0.3) is 0 Å². The van der Waals surface area contributed by atoms with Gasteiger partial charge >= 0.3 is 0 Å². The molecule has 0 bridgehead atoms. The second kappa shape index (κ2) is 6.64. The van der Waals surface area contributed by atoms with Gasteiger partial charge in [0.05, 0.1) is 0 Å². The number of hydrogen-bond donors (Lipinski definition) is 0. The average Bonchev–Trinajstić information content (AvgIpc) is 2.81. The molecule has 0 radical (unpaired) electrons. The molecule has 3 heteroatoms. The van der Waals surface area contributed by atoms with Gasteiger partial charge in [-0.1, -0.05) is 33.8 Å². The van der Waals surface area contributed by atoms with Crippen LogP contribution in [0.2, 0.25) is 0 Å². The van der Waals surface area contributed by atoms with E-state index in [2.05, 4.69) is 51.0 Å². The Balaban J connectivity index is 1.98. The number of nitrogens with zero attached hydrogens (tertiary/aromatic N) is 2. The molecule has 0 aromatic heterocycles. The smallest absolute Gasteiger partial charge is 0.228 e. The van der Waals surface area contributed by atoms with Crippen molar-refractivity contribution >= 4 is 5.91 Å². The summed E-state index contributed by atoms with van der Waals surface area (Å²) in [6.45, 7) is 18.1. The van der Waals surface area contributed by atoms with Crippen molar-refractivity contribution in [1.82, 2.24) is 9.80 Å². The predicted molar refractivity (Wildman–Crippen MR) is 92.5 cm³/mol. The van der Waals surface area contributed by atoms with E-state index in [0.717, 1.165) is 44.6 Å². The van der Waals surface area contributed by atoms with Crippen LogP contribution in [0.3, 0.4) is 0 Å². The first-order valence-electron chi connectivity index (χ1n) is 9.00. The maximum atomic E-state index is 12.7. The van der Waals surface area contributed by atoms with Crippen molar-refractivity contribution < 1.29 is 4.79 Å². The fraction of sp³-hybridized carbons (Fsp3) is 0.842. The number of carbonyl (C=O) groups excluding carboxylic acids is 1. The lowest BCUT2D eigenvalue weighted by molar-refractivity contribution is -0.145. The maximum absolute atomic E-state index is 12.7. The first-order valence-corrected chi connectivity index (χ1v) is 9.00. The monoisotopic (exact) mass is 306 g/mol. The third kappa shape index (κ3) is 3.33. The molecular formula is C19H34N2O. The molecule has 0 N–H and O–H groups in total. The number of carbonyl (C=O) groups is 1. The highest BCUT2D eigenvalue weighted by Gasteiger charge is 2.45. The molecule has 1 saturated heterocycles. The molecule has 1 heterocycles. The largest absolute Gasteiger partial charge is 0.372 e. The maximum Gasteiger partial charge on any atom is 0.228 e. The molecular weight excluding hydrogens is 272 g/mol. The zero-order valence-electron chi connectivity index (χ0n) is 15.2. The van der Waals surface area contributed by atoms with Gasteiger partial charge in [-0.3, -0.25) is 4.79 Å². The first-order chi connectivity index (χ1) is 10.3. The highest BCUT2D eigenvalue weighted by atomic mass is 16.2. The van der Waals surface area contributed by atoms with Crippen LogP contribution >= 0.6 is 0 Å². The standard InChI is InChI=1S/C19H34N2O/c1-7-16(5)21(14(2)3)13-17-12-20(11-15(17)4)18(22)19(6)9-8-10-19/h15-17H,2,7-13H2,1,3-6H3/t15?,16?,17-/m1/s1. The van der Waals surface area contributed by atoms with Crippen LogP contribution in [0.4, 0.5) is 0 Å². The molecule has 2 rings (SSSR count). The van der Waals surface area contributed by atoms with Crippen LogP contribution < -0.4 is 0 Å². The fourth-order valence-corrected chi connectivity index (χ4v) is 3.93.